The van der Waals surface area contributed by atoms with Crippen LogP contribution < -0.4 is 9.47 Å². The molecule has 0 saturated heterocycles. The van der Waals surface area contributed by atoms with Crippen LogP contribution in [0.1, 0.15) is 43.7 Å². The number of amidine groups is 2. The van der Waals surface area contributed by atoms with Crippen LogP contribution in [0.5, 0.6) is 11.5 Å². The number of benzene rings is 2. The smallest absolute Gasteiger partial charge is 0.283 e. The second-order valence-corrected chi connectivity index (χ2v) is 9.27. The Bertz CT molecular complexity index is 1190. The maximum atomic E-state index is 12.7. The second-order valence-electron chi connectivity index (χ2n) is 7.80. The number of ether oxygens (including phenoxy) is 2. The van der Waals surface area contributed by atoms with E-state index in [1.54, 1.807) is 25.3 Å². The van der Waals surface area contributed by atoms with Crippen molar-refractivity contribution >= 4 is 51.4 Å². The van der Waals surface area contributed by atoms with Crippen LogP contribution in [0.3, 0.4) is 0 Å². The number of unbranched alkanes of at least 4 members (excludes halogenated alkanes) is 2. The molecule has 2 heterocycles. The average Bonchev–Trinajstić information content (AvgIpc) is 3.24. The van der Waals surface area contributed by atoms with E-state index >= 15 is 0 Å². The molecule has 0 aliphatic carbocycles. The van der Waals surface area contributed by atoms with E-state index in [4.69, 9.17) is 26.5 Å². The van der Waals surface area contributed by atoms with E-state index in [2.05, 4.69) is 17.0 Å². The maximum Gasteiger partial charge on any atom is 0.283 e. The summed E-state index contributed by atoms with van der Waals surface area (Å²) in [5.41, 5.74) is 1.85. The fourth-order valence-corrected chi connectivity index (χ4v) is 4.51. The molecule has 2 aromatic carbocycles. The molecule has 0 atom stereocenters. The van der Waals surface area contributed by atoms with Gasteiger partial charge in [-0.15, -0.1) is 0 Å². The van der Waals surface area contributed by atoms with Gasteiger partial charge in [0.15, 0.2) is 17.3 Å². The molecule has 0 radical (unpaired) electrons. The summed E-state index contributed by atoms with van der Waals surface area (Å²) >= 11 is 7.30. The maximum absolute atomic E-state index is 12.7. The summed E-state index contributed by atoms with van der Waals surface area (Å²) in [6.07, 6.45) is 5.72. The highest BCUT2D eigenvalue weighted by molar-refractivity contribution is 8.26. The summed E-state index contributed by atoms with van der Waals surface area (Å²) in [7, 11) is 1.56. The second kappa shape index (κ2) is 10.9. The van der Waals surface area contributed by atoms with Crippen LogP contribution in [0, 0.1) is 5.41 Å². The van der Waals surface area contributed by atoms with Gasteiger partial charge in [0.1, 0.15) is 11.7 Å². The van der Waals surface area contributed by atoms with Gasteiger partial charge in [-0.2, -0.15) is 15.1 Å². The number of rotatable bonds is 9. The lowest BCUT2D eigenvalue weighted by molar-refractivity contribution is -0.114. The summed E-state index contributed by atoms with van der Waals surface area (Å²) < 4.78 is 11.4. The third-order valence-electron chi connectivity index (χ3n) is 5.30. The van der Waals surface area contributed by atoms with Crippen LogP contribution in [-0.4, -0.2) is 34.1 Å². The number of hydrogen-bond donors (Lipinski definition) is 1. The average molecular weight is 497 g/mol. The molecule has 2 aromatic rings. The molecule has 2 aliphatic heterocycles. The number of carbonyl (C=O) groups is 1. The van der Waals surface area contributed by atoms with Crippen molar-refractivity contribution in [3.63, 3.8) is 0 Å². The monoisotopic (exact) mass is 496 g/mol. The fraction of sp³-hybridized carbons (Fsp3) is 0.280. The number of halogens is 1. The molecule has 0 aromatic heterocycles. The number of amides is 1. The van der Waals surface area contributed by atoms with Crippen LogP contribution in [0.15, 0.2) is 58.1 Å². The van der Waals surface area contributed by atoms with Crippen molar-refractivity contribution in [3.05, 3.63) is 64.2 Å². The SMILES string of the molecule is CCCCCC1=NN2C(=N)/C(=C/c3ccc(OCc4ccc(Cl)cc4)c(OC)c3)C(=O)N=C2S1. The summed E-state index contributed by atoms with van der Waals surface area (Å²) in [4.78, 5) is 16.8. The van der Waals surface area contributed by atoms with Gasteiger partial charge in [0.2, 0.25) is 5.17 Å². The van der Waals surface area contributed by atoms with Gasteiger partial charge in [0.05, 0.1) is 12.7 Å². The summed E-state index contributed by atoms with van der Waals surface area (Å²) in [5.74, 6) is 0.670. The minimum atomic E-state index is -0.448. The molecule has 2 aliphatic rings. The van der Waals surface area contributed by atoms with Crippen LogP contribution in [0.25, 0.3) is 6.08 Å². The van der Waals surface area contributed by atoms with Crippen LogP contribution >= 0.6 is 23.4 Å². The number of aliphatic imine (C=N–C) groups is 1. The minimum Gasteiger partial charge on any atom is -0.493 e. The molecule has 0 unspecified atom stereocenters. The van der Waals surface area contributed by atoms with E-state index in [0.29, 0.717) is 33.9 Å². The van der Waals surface area contributed by atoms with Crippen LogP contribution in [0.4, 0.5) is 0 Å². The molecule has 7 nitrogen and oxygen atoms in total. The van der Waals surface area contributed by atoms with Gasteiger partial charge in [-0.25, -0.2) is 0 Å². The molecular weight excluding hydrogens is 472 g/mol. The summed E-state index contributed by atoms with van der Waals surface area (Å²) in [6, 6.07) is 12.8. The van der Waals surface area contributed by atoms with Crippen molar-refractivity contribution in [1.29, 1.82) is 5.41 Å². The van der Waals surface area contributed by atoms with E-state index < -0.39 is 5.91 Å². The Morgan fingerprint density at radius 3 is 2.68 bits per heavy atom. The topological polar surface area (TPSA) is 87.3 Å². The van der Waals surface area contributed by atoms with E-state index in [1.165, 1.54) is 16.8 Å². The van der Waals surface area contributed by atoms with Crippen LogP contribution in [0.2, 0.25) is 5.02 Å². The Kier molecular flexibility index (Phi) is 7.70. The molecule has 0 fully saturated rings. The van der Waals surface area contributed by atoms with Crippen molar-refractivity contribution in [3.8, 4) is 11.5 Å². The molecule has 176 valence electrons. The Balaban J connectivity index is 1.50. The Hall–Kier alpha value is -3.10. The standard InChI is InChI=1S/C25H25ClN4O3S/c1-3-4-5-6-22-29-30-23(27)19(24(31)28-25(30)34-22)13-17-9-12-20(21(14-17)32-2)33-15-16-7-10-18(26)11-8-16/h7-14,27H,3-6,15H2,1-2H3/b19-13-,27-23?. The first kappa shape index (κ1) is 24.0. The number of nitrogens with zero attached hydrogens (tertiary/aromatic N) is 3. The highest BCUT2D eigenvalue weighted by atomic mass is 35.5. The predicted molar refractivity (Wildman–Crippen MR) is 138 cm³/mol. The lowest BCUT2D eigenvalue weighted by atomic mass is 10.1. The van der Waals surface area contributed by atoms with Gasteiger partial charge < -0.3 is 9.47 Å². The fourth-order valence-electron chi connectivity index (χ4n) is 3.46. The summed E-state index contributed by atoms with van der Waals surface area (Å²) in [6.45, 7) is 2.51. The lowest BCUT2D eigenvalue weighted by Crippen LogP contribution is -2.35. The molecule has 0 saturated carbocycles. The third-order valence-corrected chi connectivity index (χ3v) is 6.52. The first-order valence-corrected chi connectivity index (χ1v) is 12.2. The highest BCUT2D eigenvalue weighted by Gasteiger charge is 2.35. The molecular formula is C25H25ClN4O3S. The quantitative estimate of drug-likeness (QED) is 0.333. The van der Waals surface area contributed by atoms with Gasteiger partial charge >= 0.3 is 0 Å². The van der Waals surface area contributed by atoms with Crippen molar-refractivity contribution < 1.29 is 14.3 Å². The van der Waals surface area contributed by atoms with Gasteiger partial charge in [-0.3, -0.25) is 10.2 Å². The zero-order valence-corrected chi connectivity index (χ0v) is 20.6. The molecule has 9 heteroatoms. The molecule has 0 bridgehead atoms. The number of nitrogens with one attached hydrogen (secondary N) is 1. The van der Waals surface area contributed by atoms with Crippen molar-refractivity contribution in [1.82, 2.24) is 5.01 Å². The van der Waals surface area contributed by atoms with E-state index in [9.17, 15) is 4.79 Å². The molecule has 4 rings (SSSR count). The number of carbonyl (C=O) groups excluding carboxylic acids is 1. The zero-order valence-electron chi connectivity index (χ0n) is 19.0. The van der Waals surface area contributed by atoms with Gasteiger partial charge in [-0.1, -0.05) is 49.6 Å². The minimum absolute atomic E-state index is 0.0232. The largest absolute Gasteiger partial charge is 0.493 e. The Labute approximate surface area is 208 Å². The Morgan fingerprint density at radius 2 is 1.94 bits per heavy atom. The number of hydrogen-bond acceptors (Lipinski definition) is 6. The predicted octanol–water partition coefficient (Wildman–Crippen LogP) is 6.13. The molecule has 34 heavy (non-hydrogen) atoms. The first-order valence-electron chi connectivity index (χ1n) is 11.0. The van der Waals surface area contributed by atoms with Gasteiger partial charge in [0.25, 0.3) is 5.91 Å². The number of thioether (sulfide) groups is 1. The highest BCUT2D eigenvalue weighted by Crippen LogP contribution is 2.32. The zero-order chi connectivity index (χ0) is 24.1. The lowest BCUT2D eigenvalue weighted by Gasteiger charge is -2.20. The van der Waals surface area contributed by atoms with Crippen molar-refractivity contribution in [2.75, 3.05) is 7.11 Å². The number of fused-ring (bicyclic) bond motifs is 1. The van der Waals surface area contributed by atoms with Gasteiger partial charge in [0, 0.05) is 5.02 Å². The summed E-state index contributed by atoms with van der Waals surface area (Å²) in [5, 5.41) is 16.5. The van der Waals surface area contributed by atoms with Crippen LogP contribution in [-0.2, 0) is 11.4 Å². The van der Waals surface area contributed by atoms with Crippen molar-refractivity contribution in [2.24, 2.45) is 10.1 Å². The molecule has 0 spiro atoms. The number of methoxy groups -OCH3 is 1. The molecule has 1 N–H and O–H groups in total. The number of hydrazone groups is 1. The first-order chi connectivity index (χ1) is 16.5. The van der Waals surface area contributed by atoms with Crippen molar-refractivity contribution in [2.45, 2.75) is 39.2 Å². The van der Waals surface area contributed by atoms with Gasteiger partial charge in [-0.05, 0) is 66.1 Å². The van der Waals surface area contributed by atoms with E-state index in [1.807, 2.05) is 30.3 Å². The normalized spacial score (nSPS) is 16.4. The third kappa shape index (κ3) is 5.51. The Morgan fingerprint density at radius 1 is 1.15 bits per heavy atom. The van der Waals surface area contributed by atoms with E-state index in [-0.39, 0.29) is 11.4 Å². The van der Waals surface area contributed by atoms with E-state index in [0.717, 1.165) is 36.3 Å². The molecule has 1 amide bonds.